The zero-order valence-corrected chi connectivity index (χ0v) is 15.8. The molecule has 5 nitrogen and oxygen atoms in total. The minimum atomic E-state index is -4.00. The molecule has 0 unspecified atom stereocenters. The molecule has 26 heavy (non-hydrogen) atoms. The molecule has 0 amide bonds. The fourth-order valence-corrected chi connectivity index (χ4v) is 2.85. The Labute approximate surface area is 152 Å². The Morgan fingerprint density at radius 1 is 0.808 bits per heavy atom. The van der Waals surface area contributed by atoms with Crippen LogP contribution in [-0.2, 0) is 10.0 Å². The lowest BCUT2D eigenvalue weighted by molar-refractivity contribution is 0.568. The molecule has 1 heterocycles. The molecule has 0 radical (unpaired) electrons. The van der Waals surface area contributed by atoms with Crippen molar-refractivity contribution in [3.05, 3.63) is 66.4 Å². The Bertz CT molecular complexity index is 906. The Morgan fingerprint density at radius 3 is 1.77 bits per heavy atom. The first-order valence-corrected chi connectivity index (χ1v) is 9.60. The maximum atomic E-state index is 12.9. The molecular weight excluding hydrogens is 360 g/mol. The molecule has 3 aromatic rings. The molecule has 140 valence electrons. The van der Waals surface area contributed by atoms with Crippen molar-refractivity contribution < 1.29 is 17.2 Å². The lowest BCUT2D eigenvalue weighted by atomic mass is 10.2. The lowest BCUT2D eigenvalue weighted by Gasteiger charge is -2.02. The van der Waals surface area contributed by atoms with E-state index in [1.807, 2.05) is 27.7 Å². The van der Waals surface area contributed by atoms with Gasteiger partial charge in [0.1, 0.15) is 17.3 Å². The van der Waals surface area contributed by atoms with E-state index in [9.17, 15) is 17.2 Å². The van der Waals surface area contributed by atoms with E-state index in [0.29, 0.717) is 9.77 Å². The van der Waals surface area contributed by atoms with Crippen LogP contribution in [0.2, 0.25) is 0 Å². The van der Waals surface area contributed by atoms with Crippen LogP contribution in [0.15, 0.2) is 59.6 Å². The SMILES string of the molecule is CC.CC.O=S(=O)(c1ccc(F)cc1)n1ncc(-c2ccc(F)cc2)n1. The second-order valence-corrected chi connectivity index (χ2v) is 6.17. The van der Waals surface area contributed by atoms with Crippen molar-refractivity contribution >= 4 is 10.0 Å². The average molecular weight is 381 g/mol. The highest BCUT2D eigenvalue weighted by molar-refractivity contribution is 7.89. The van der Waals surface area contributed by atoms with Crippen molar-refractivity contribution in [1.82, 2.24) is 14.4 Å². The van der Waals surface area contributed by atoms with Crippen molar-refractivity contribution in [3.63, 3.8) is 0 Å². The smallest absolute Gasteiger partial charge is 0.207 e. The van der Waals surface area contributed by atoms with Gasteiger partial charge in [-0.25, -0.2) is 8.78 Å². The van der Waals surface area contributed by atoms with Crippen molar-refractivity contribution in [3.8, 4) is 11.3 Å². The highest BCUT2D eigenvalue weighted by Crippen LogP contribution is 2.18. The molecule has 0 aliphatic heterocycles. The predicted molar refractivity (Wildman–Crippen MR) is 97.1 cm³/mol. The fourth-order valence-electron chi connectivity index (χ4n) is 1.82. The van der Waals surface area contributed by atoms with Gasteiger partial charge in [-0.15, -0.1) is 10.2 Å². The molecule has 8 heteroatoms. The molecular formula is C18H21F2N3O2S. The van der Waals surface area contributed by atoms with Gasteiger partial charge in [-0.3, -0.25) is 0 Å². The van der Waals surface area contributed by atoms with E-state index < -0.39 is 21.7 Å². The average Bonchev–Trinajstić information content (AvgIpc) is 3.17. The van der Waals surface area contributed by atoms with Gasteiger partial charge < -0.3 is 0 Å². The van der Waals surface area contributed by atoms with Crippen LogP contribution >= 0.6 is 0 Å². The molecule has 0 fully saturated rings. The first-order valence-electron chi connectivity index (χ1n) is 8.16. The van der Waals surface area contributed by atoms with Crippen LogP contribution in [0.4, 0.5) is 8.78 Å². The van der Waals surface area contributed by atoms with Gasteiger partial charge in [0.15, 0.2) is 0 Å². The molecule has 0 atom stereocenters. The van der Waals surface area contributed by atoms with Gasteiger partial charge in [-0.05, 0) is 48.5 Å². The monoisotopic (exact) mass is 381 g/mol. The van der Waals surface area contributed by atoms with Crippen LogP contribution in [0.5, 0.6) is 0 Å². The van der Waals surface area contributed by atoms with Crippen molar-refractivity contribution in [2.45, 2.75) is 32.6 Å². The topological polar surface area (TPSA) is 64.8 Å². The van der Waals surface area contributed by atoms with Gasteiger partial charge in [-0.2, -0.15) is 8.42 Å². The van der Waals surface area contributed by atoms with Gasteiger partial charge in [-0.1, -0.05) is 31.9 Å². The summed E-state index contributed by atoms with van der Waals surface area (Å²) < 4.78 is 50.9. The second-order valence-electron chi connectivity index (χ2n) is 4.42. The Kier molecular flexibility index (Phi) is 8.05. The summed E-state index contributed by atoms with van der Waals surface area (Å²) in [5, 5.41) is 7.60. The van der Waals surface area contributed by atoms with E-state index in [-0.39, 0.29) is 10.6 Å². The Morgan fingerprint density at radius 2 is 1.27 bits per heavy atom. The standard InChI is InChI=1S/C14H9F2N3O2S.2C2H6/c15-11-3-1-10(2-4-11)14-9-17-19(18-14)22(20,21)13-7-5-12(16)6-8-13;2*1-2/h1-9H;2*1-2H3. The van der Waals surface area contributed by atoms with E-state index in [0.717, 1.165) is 24.3 Å². The highest BCUT2D eigenvalue weighted by Gasteiger charge is 2.20. The molecule has 2 aromatic carbocycles. The normalized spacial score (nSPS) is 10.2. The van der Waals surface area contributed by atoms with E-state index in [1.54, 1.807) is 0 Å². The predicted octanol–water partition coefficient (Wildman–Crippen LogP) is 4.51. The van der Waals surface area contributed by atoms with Crippen LogP contribution in [0.1, 0.15) is 27.7 Å². The highest BCUT2D eigenvalue weighted by atomic mass is 32.2. The van der Waals surface area contributed by atoms with Gasteiger partial charge >= 0.3 is 0 Å². The number of hydrogen-bond acceptors (Lipinski definition) is 4. The molecule has 0 aliphatic carbocycles. The van der Waals surface area contributed by atoms with E-state index in [4.69, 9.17) is 0 Å². The van der Waals surface area contributed by atoms with Gasteiger partial charge in [0, 0.05) is 5.56 Å². The molecule has 3 rings (SSSR count). The summed E-state index contributed by atoms with van der Waals surface area (Å²) in [6.45, 7) is 8.00. The zero-order valence-electron chi connectivity index (χ0n) is 15.0. The minimum absolute atomic E-state index is 0.129. The molecule has 0 bridgehead atoms. The van der Waals surface area contributed by atoms with Crippen LogP contribution in [-0.4, -0.2) is 22.8 Å². The summed E-state index contributed by atoms with van der Waals surface area (Å²) >= 11 is 0. The van der Waals surface area contributed by atoms with E-state index >= 15 is 0 Å². The third-order valence-corrected chi connectivity index (χ3v) is 4.41. The first-order chi connectivity index (χ1) is 12.5. The van der Waals surface area contributed by atoms with Crippen molar-refractivity contribution in [2.24, 2.45) is 0 Å². The summed E-state index contributed by atoms with van der Waals surface area (Å²) in [4.78, 5) is -0.129. The van der Waals surface area contributed by atoms with Gasteiger partial charge in [0.25, 0.3) is 10.0 Å². The van der Waals surface area contributed by atoms with Crippen LogP contribution in [0, 0.1) is 11.6 Å². The third-order valence-electron chi connectivity index (χ3n) is 2.94. The summed E-state index contributed by atoms with van der Waals surface area (Å²) in [5.41, 5.74) is 0.813. The largest absolute Gasteiger partial charge is 0.299 e. The van der Waals surface area contributed by atoms with Crippen LogP contribution < -0.4 is 0 Å². The molecule has 0 N–H and O–H groups in total. The number of nitrogens with zero attached hydrogens (tertiary/aromatic N) is 3. The summed E-state index contributed by atoms with van der Waals surface area (Å²) in [7, 11) is -4.00. The number of halogens is 2. The van der Waals surface area contributed by atoms with Crippen molar-refractivity contribution in [1.29, 1.82) is 0 Å². The van der Waals surface area contributed by atoms with E-state index in [1.165, 1.54) is 30.5 Å². The number of benzene rings is 2. The maximum Gasteiger partial charge on any atom is 0.299 e. The summed E-state index contributed by atoms with van der Waals surface area (Å²) in [6.07, 6.45) is 1.26. The molecule has 1 aromatic heterocycles. The third kappa shape index (κ3) is 4.95. The van der Waals surface area contributed by atoms with Gasteiger partial charge in [0.2, 0.25) is 0 Å². The number of hydrogen-bond donors (Lipinski definition) is 0. The Hall–Kier alpha value is -2.61. The Balaban J connectivity index is 0.000000791. The summed E-state index contributed by atoms with van der Waals surface area (Å²) in [6, 6.07) is 9.75. The minimum Gasteiger partial charge on any atom is -0.207 e. The van der Waals surface area contributed by atoms with Gasteiger partial charge in [0.05, 0.1) is 11.1 Å². The van der Waals surface area contributed by atoms with Crippen LogP contribution in [0.25, 0.3) is 11.3 Å². The molecule has 0 aliphatic rings. The molecule has 0 saturated carbocycles. The number of rotatable bonds is 3. The lowest BCUT2D eigenvalue weighted by Crippen LogP contribution is -2.16. The second kappa shape index (κ2) is 9.76. The molecule has 0 saturated heterocycles. The fraction of sp³-hybridized carbons (Fsp3) is 0.222. The number of aromatic nitrogens is 3. The van der Waals surface area contributed by atoms with E-state index in [2.05, 4.69) is 10.2 Å². The maximum absolute atomic E-state index is 12.9. The zero-order chi connectivity index (χ0) is 19.7. The quantitative estimate of drug-likeness (QED) is 0.669. The van der Waals surface area contributed by atoms with Crippen molar-refractivity contribution in [2.75, 3.05) is 0 Å². The van der Waals surface area contributed by atoms with Crippen LogP contribution in [0.3, 0.4) is 0 Å². The molecule has 0 spiro atoms. The summed E-state index contributed by atoms with van der Waals surface area (Å²) in [5.74, 6) is -0.950. The first kappa shape index (κ1) is 21.4.